The van der Waals surface area contributed by atoms with Crippen molar-refractivity contribution in [3.05, 3.63) is 16.4 Å². The molecule has 2 heterocycles. The molecule has 2 aromatic rings. The summed E-state index contributed by atoms with van der Waals surface area (Å²) in [5, 5.41) is 1.59. The standard InChI is InChI=1S/C7H5Cl2N3S/c1-13-7-11-4-3(8)2-10-5(4)6(9)12-7/h2,10H,1H3. The van der Waals surface area contributed by atoms with Crippen LogP contribution >= 0.6 is 35.0 Å². The molecule has 0 spiro atoms. The van der Waals surface area contributed by atoms with Gasteiger partial charge in [-0.25, -0.2) is 9.97 Å². The fourth-order valence-electron chi connectivity index (χ4n) is 1.01. The number of aromatic nitrogens is 3. The molecule has 0 aromatic carbocycles. The zero-order chi connectivity index (χ0) is 9.42. The largest absolute Gasteiger partial charge is 0.356 e. The van der Waals surface area contributed by atoms with E-state index in [-0.39, 0.29) is 0 Å². The normalized spacial score (nSPS) is 11.0. The van der Waals surface area contributed by atoms with Gasteiger partial charge in [-0.2, -0.15) is 0 Å². The Balaban J connectivity index is 2.80. The highest BCUT2D eigenvalue weighted by atomic mass is 35.5. The fourth-order valence-corrected chi connectivity index (χ4v) is 1.84. The molecular weight excluding hydrogens is 229 g/mol. The molecule has 13 heavy (non-hydrogen) atoms. The lowest BCUT2D eigenvalue weighted by atomic mass is 10.5. The van der Waals surface area contributed by atoms with Crippen molar-refractivity contribution in [3.63, 3.8) is 0 Å². The molecule has 68 valence electrons. The van der Waals surface area contributed by atoms with E-state index in [0.717, 1.165) is 0 Å². The first-order valence-corrected chi connectivity index (χ1v) is 5.44. The molecular formula is C7H5Cl2N3S. The topological polar surface area (TPSA) is 41.6 Å². The zero-order valence-electron chi connectivity index (χ0n) is 6.64. The minimum absolute atomic E-state index is 0.404. The van der Waals surface area contributed by atoms with E-state index in [1.807, 2.05) is 6.26 Å². The lowest BCUT2D eigenvalue weighted by Crippen LogP contribution is -1.87. The predicted molar refractivity (Wildman–Crippen MR) is 55.7 cm³/mol. The van der Waals surface area contributed by atoms with E-state index < -0.39 is 0 Å². The van der Waals surface area contributed by atoms with Gasteiger partial charge in [-0.05, 0) is 6.26 Å². The number of nitrogens with zero attached hydrogens (tertiary/aromatic N) is 2. The van der Waals surface area contributed by atoms with E-state index in [1.165, 1.54) is 11.8 Å². The molecule has 3 nitrogen and oxygen atoms in total. The number of hydrogen-bond acceptors (Lipinski definition) is 3. The molecule has 0 unspecified atom stereocenters. The number of H-pyrrole nitrogens is 1. The van der Waals surface area contributed by atoms with Crippen molar-refractivity contribution in [3.8, 4) is 0 Å². The third-order valence-corrected chi connectivity index (χ3v) is 2.71. The van der Waals surface area contributed by atoms with Crippen molar-refractivity contribution in [2.24, 2.45) is 0 Å². The molecule has 0 radical (unpaired) electrons. The second-order valence-corrected chi connectivity index (χ2v) is 3.90. The third-order valence-electron chi connectivity index (χ3n) is 1.60. The minimum atomic E-state index is 0.404. The van der Waals surface area contributed by atoms with Crippen LogP contribution in [-0.2, 0) is 0 Å². The molecule has 2 aromatic heterocycles. The fraction of sp³-hybridized carbons (Fsp3) is 0.143. The Kier molecular flexibility index (Phi) is 2.36. The van der Waals surface area contributed by atoms with Crippen LogP contribution in [0.3, 0.4) is 0 Å². The van der Waals surface area contributed by atoms with Crippen molar-refractivity contribution >= 4 is 46.0 Å². The smallest absolute Gasteiger partial charge is 0.189 e. The Morgan fingerprint density at radius 2 is 2.15 bits per heavy atom. The Labute approximate surface area is 88.9 Å². The lowest BCUT2D eigenvalue weighted by molar-refractivity contribution is 1.01. The molecule has 2 rings (SSSR count). The van der Waals surface area contributed by atoms with Gasteiger partial charge in [-0.3, -0.25) is 0 Å². The molecule has 0 amide bonds. The average molecular weight is 234 g/mol. The molecule has 0 bridgehead atoms. The number of nitrogens with one attached hydrogen (secondary N) is 1. The van der Waals surface area contributed by atoms with Crippen molar-refractivity contribution in [2.45, 2.75) is 5.16 Å². The van der Waals surface area contributed by atoms with Crippen LogP contribution in [0.5, 0.6) is 0 Å². The number of hydrogen-bond donors (Lipinski definition) is 1. The van der Waals surface area contributed by atoms with E-state index in [2.05, 4.69) is 15.0 Å². The van der Waals surface area contributed by atoms with E-state index in [9.17, 15) is 0 Å². The molecule has 0 fully saturated rings. The molecule has 0 aliphatic carbocycles. The van der Waals surface area contributed by atoms with Gasteiger partial charge in [0.25, 0.3) is 0 Å². The maximum absolute atomic E-state index is 5.90. The summed E-state index contributed by atoms with van der Waals surface area (Å²) in [6.45, 7) is 0. The van der Waals surface area contributed by atoms with Gasteiger partial charge < -0.3 is 4.98 Å². The summed E-state index contributed by atoms with van der Waals surface area (Å²) in [6.07, 6.45) is 3.54. The summed E-state index contributed by atoms with van der Waals surface area (Å²) in [4.78, 5) is 11.2. The highest BCUT2D eigenvalue weighted by molar-refractivity contribution is 7.98. The summed E-state index contributed by atoms with van der Waals surface area (Å²) in [6, 6.07) is 0. The molecule has 1 N–H and O–H groups in total. The number of thioether (sulfide) groups is 1. The van der Waals surface area contributed by atoms with Crippen molar-refractivity contribution in [2.75, 3.05) is 6.26 Å². The second kappa shape index (κ2) is 3.36. The van der Waals surface area contributed by atoms with Gasteiger partial charge in [0.15, 0.2) is 10.3 Å². The van der Waals surface area contributed by atoms with E-state index >= 15 is 0 Å². The highest BCUT2D eigenvalue weighted by Crippen LogP contribution is 2.27. The van der Waals surface area contributed by atoms with Crippen LogP contribution in [0.1, 0.15) is 0 Å². The van der Waals surface area contributed by atoms with Gasteiger partial charge in [-0.15, -0.1) is 0 Å². The van der Waals surface area contributed by atoms with Crippen LogP contribution in [0.4, 0.5) is 0 Å². The van der Waals surface area contributed by atoms with Crippen LogP contribution in [0.15, 0.2) is 11.4 Å². The first-order valence-electron chi connectivity index (χ1n) is 3.46. The summed E-state index contributed by atoms with van der Waals surface area (Å²) in [5.41, 5.74) is 1.36. The number of aromatic amines is 1. The third kappa shape index (κ3) is 1.49. The van der Waals surface area contributed by atoms with Gasteiger partial charge >= 0.3 is 0 Å². The molecule has 6 heteroatoms. The zero-order valence-corrected chi connectivity index (χ0v) is 8.96. The Morgan fingerprint density at radius 1 is 1.38 bits per heavy atom. The first-order chi connectivity index (χ1) is 6.22. The molecule has 0 saturated carbocycles. The quantitative estimate of drug-likeness (QED) is 0.468. The Bertz CT molecular complexity index is 454. The van der Waals surface area contributed by atoms with Crippen LogP contribution in [0.25, 0.3) is 11.0 Å². The minimum Gasteiger partial charge on any atom is -0.356 e. The van der Waals surface area contributed by atoms with E-state index in [4.69, 9.17) is 23.2 Å². The molecule has 0 aliphatic heterocycles. The van der Waals surface area contributed by atoms with E-state index in [1.54, 1.807) is 6.20 Å². The average Bonchev–Trinajstić information content (AvgIpc) is 2.48. The maximum Gasteiger partial charge on any atom is 0.189 e. The molecule has 0 saturated heterocycles. The second-order valence-electron chi connectivity index (χ2n) is 2.36. The summed E-state index contributed by atoms with van der Waals surface area (Å²) in [5.74, 6) is 0. The lowest BCUT2D eigenvalue weighted by Gasteiger charge is -1.97. The van der Waals surface area contributed by atoms with Gasteiger partial charge in [-0.1, -0.05) is 35.0 Å². The Hall–Kier alpha value is -0.450. The highest BCUT2D eigenvalue weighted by Gasteiger charge is 2.09. The maximum atomic E-state index is 5.90. The summed E-state index contributed by atoms with van der Waals surface area (Å²) in [7, 11) is 0. The van der Waals surface area contributed by atoms with Crippen LogP contribution in [0, 0.1) is 0 Å². The van der Waals surface area contributed by atoms with Crippen LogP contribution in [0.2, 0.25) is 10.2 Å². The first kappa shape index (κ1) is 9.12. The number of rotatable bonds is 1. The van der Waals surface area contributed by atoms with Gasteiger partial charge in [0.05, 0.1) is 5.02 Å². The number of fused-ring (bicyclic) bond motifs is 1. The van der Waals surface area contributed by atoms with Crippen molar-refractivity contribution in [1.29, 1.82) is 0 Å². The monoisotopic (exact) mass is 233 g/mol. The van der Waals surface area contributed by atoms with Gasteiger partial charge in [0.2, 0.25) is 0 Å². The molecule has 0 atom stereocenters. The van der Waals surface area contributed by atoms with Gasteiger partial charge in [0, 0.05) is 6.20 Å². The molecule has 0 aliphatic rings. The SMILES string of the molecule is CSc1nc(Cl)c2[nH]cc(Cl)c2n1. The Morgan fingerprint density at radius 3 is 2.85 bits per heavy atom. The summed E-state index contributed by atoms with van der Waals surface area (Å²) < 4.78 is 0. The van der Waals surface area contributed by atoms with Crippen LogP contribution in [-0.4, -0.2) is 21.2 Å². The van der Waals surface area contributed by atoms with Crippen molar-refractivity contribution < 1.29 is 0 Å². The number of halogens is 2. The predicted octanol–water partition coefficient (Wildman–Crippen LogP) is 2.99. The van der Waals surface area contributed by atoms with E-state index in [0.29, 0.717) is 26.4 Å². The van der Waals surface area contributed by atoms with Crippen molar-refractivity contribution in [1.82, 2.24) is 15.0 Å². The van der Waals surface area contributed by atoms with Crippen LogP contribution < -0.4 is 0 Å². The van der Waals surface area contributed by atoms with Gasteiger partial charge in [0.1, 0.15) is 11.0 Å². The summed E-state index contributed by atoms with van der Waals surface area (Å²) >= 11 is 13.2.